The standard InChI is InChI=1S/C22H25F2N5O/c1-28-9-11-29(12-10-28)14-19(15-5-3-2-4-6-15)27-22(30)16-7-8-17-18(13-16)26-21(25-17)20(23)24/h2-8,13,19-20H,9-12,14H2,1H3,(H,25,26)(H,27,30). The number of H-pyrrole nitrogens is 1. The van der Waals surface area contributed by atoms with Crippen LogP contribution in [0.2, 0.25) is 0 Å². The average molecular weight is 413 g/mol. The smallest absolute Gasteiger partial charge is 0.295 e. The molecule has 1 aliphatic rings. The number of hydrogen-bond acceptors (Lipinski definition) is 4. The van der Waals surface area contributed by atoms with Crippen LogP contribution in [-0.2, 0) is 0 Å². The summed E-state index contributed by atoms with van der Waals surface area (Å²) in [5.41, 5.74) is 2.28. The van der Waals surface area contributed by atoms with Gasteiger partial charge in [-0.3, -0.25) is 9.69 Å². The number of fused-ring (bicyclic) bond motifs is 1. The van der Waals surface area contributed by atoms with Gasteiger partial charge in [-0.05, 0) is 30.8 Å². The number of rotatable bonds is 6. The molecule has 6 nitrogen and oxygen atoms in total. The summed E-state index contributed by atoms with van der Waals surface area (Å²) in [6.45, 7) is 4.61. The lowest BCUT2D eigenvalue weighted by atomic mass is 10.0. The molecule has 2 heterocycles. The zero-order valence-electron chi connectivity index (χ0n) is 16.8. The Balaban J connectivity index is 1.53. The van der Waals surface area contributed by atoms with Crippen molar-refractivity contribution in [2.45, 2.75) is 12.5 Å². The molecule has 0 bridgehead atoms. The Bertz CT molecular complexity index is 999. The van der Waals surface area contributed by atoms with Crippen molar-refractivity contribution >= 4 is 16.9 Å². The van der Waals surface area contributed by atoms with Crippen LogP contribution in [0.4, 0.5) is 8.78 Å². The summed E-state index contributed by atoms with van der Waals surface area (Å²) >= 11 is 0. The van der Waals surface area contributed by atoms with Crippen LogP contribution in [0.3, 0.4) is 0 Å². The summed E-state index contributed by atoms with van der Waals surface area (Å²) in [6.07, 6.45) is -2.68. The molecule has 8 heteroatoms. The minimum Gasteiger partial charge on any atom is -0.344 e. The summed E-state index contributed by atoms with van der Waals surface area (Å²) in [5, 5.41) is 3.13. The second-order valence-electron chi connectivity index (χ2n) is 7.70. The highest BCUT2D eigenvalue weighted by Crippen LogP contribution is 2.22. The number of alkyl halides is 2. The molecule has 4 rings (SSSR count). The van der Waals surface area contributed by atoms with Crippen molar-refractivity contribution < 1.29 is 13.6 Å². The molecule has 1 unspecified atom stereocenters. The van der Waals surface area contributed by atoms with Gasteiger partial charge in [-0.2, -0.15) is 0 Å². The van der Waals surface area contributed by atoms with E-state index in [9.17, 15) is 13.6 Å². The number of aromatic amines is 1. The van der Waals surface area contributed by atoms with E-state index in [1.165, 1.54) is 0 Å². The van der Waals surface area contributed by atoms with Crippen molar-refractivity contribution in [1.29, 1.82) is 0 Å². The Morgan fingerprint density at radius 1 is 1.13 bits per heavy atom. The highest BCUT2D eigenvalue weighted by molar-refractivity contribution is 5.97. The summed E-state index contributed by atoms with van der Waals surface area (Å²) < 4.78 is 25.8. The van der Waals surface area contributed by atoms with Gasteiger partial charge >= 0.3 is 0 Å². The number of benzene rings is 2. The number of halogens is 2. The predicted molar refractivity (Wildman–Crippen MR) is 112 cm³/mol. The topological polar surface area (TPSA) is 64.3 Å². The molecule has 30 heavy (non-hydrogen) atoms. The van der Waals surface area contributed by atoms with Crippen molar-refractivity contribution in [3.63, 3.8) is 0 Å². The van der Waals surface area contributed by atoms with Crippen LogP contribution in [0.1, 0.15) is 34.2 Å². The molecule has 2 N–H and O–H groups in total. The first-order valence-corrected chi connectivity index (χ1v) is 10.0. The molecule has 158 valence electrons. The number of piperazine rings is 1. The van der Waals surface area contributed by atoms with E-state index in [2.05, 4.69) is 32.1 Å². The summed E-state index contributed by atoms with van der Waals surface area (Å²) in [5.74, 6) is -0.632. The van der Waals surface area contributed by atoms with E-state index in [1.54, 1.807) is 18.2 Å². The van der Waals surface area contributed by atoms with Gasteiger partial charge in [0.05, 0.1) is 17.1 Å². The number of carbonyl (C=O) groups excluding carboxylic acids is 1. The maximum atomic E-state index is 13.0. The van der Waals surface area contributed by atoms with Gasteiger partial charge in [-0.1, -0.05) is 30.3 Å². The van der Waals surface area contributed by atoms with Crippen LogP contribution >= 0.6 is 0 Å². The maximum absolute atomic E-state index is 13.0. The van der Waals surface area contributed by atoms with Gasteiger partial charge < -0.3 is 15.2 Å². The summed E-state index contributed by atoms with van der Waals surface area (Å²) in [6, 6.07) is 14.5. The summed E-state index contributed by atoms with van der Waals surface area (Å²) in [7, 11) is 2.11. The number of likely N-dealkylation sites (N-methyl/N-ethyl adjacent to an activating group) is 1. The molecule has 1 amide bonds. The molecule has 0 spiro atoms. The molecule has 2 aromatic carbocycles. The minimum atomic E-state index is -2.68. The van der Waals surface area contributed by atoms with Crippen molar-refractivity contribution in [2.75, 3.05) is 39.8 Å². The van der Waals surface area contributed by atoms with E-state index < -0.39 is 6.43 Å². The number of nitrogens with one attached hydrogen (secondary N) is 2. The predicted octanol–water partition coefficient (Wildman–Crippen LogP) is 3.22. The maximum Gasteiger partial charge on any atom is 0.295 e. The second-order valence-corrected chi connectivity index (χ2v) is 7.70. The Morgan fingerprint density at radius 2 is 1.87 bits per heavy atom. The lowest BCUT2D eigenvalue weighted by molar-refractivity contribution is 0.0907. The van der Waals surface area contributed by atoms with E-state index in [0.29, 0.717) is 23.1 Å². The molecular formula is C22H25F2N5O. The first kappa shape index (κ1) is 20.4. The average Bonchev–Trinajstić information content (AvgIpc) is 3.19. The highest BCUT2D eigenvalue weighted by atomic mass is 19.3. The molecule has 0 saturated carbocycles. The van der Waals surface area contributed by atoms with Crippen LogP contribution in [-0.4, -0.2) is 65.4 Å². The van der Waals surface area contributed by atoms with Gasteiger partial charge in [0.1, 0.15) is 0 Å². The van der Waals surface area contributed by atoms with Crippen LogP contribution < -0.4 is 5.32 Å². The number of aromatic nitrogens is 2. The van der Waals surface area contributed by atoms with Gasteiger partial charge in [-0.15, -0.1) is 0 Å². The molecule has 1 fully saturated rings. The lowest BCUT2D eigenvalue weighted by Gasteiger charge is -2.35. The third-order valence-corrected chi connectivity index (χ3v) is 5.51. The normalized spacial score (nSPS) is 16.8. The van der Waals surface area contributed by atoms with E-state index in [1.807, 2.05) is 30.3 Å². The SMILES string of the molecule is CN1CCN(CC(NC(=O)c2ccc3nc(C(F)F)[nH]c3c2)c2ccccc2)CC1. The number of imidazole rings is 1. The fourth-order valence-electron chi connectivity index (χ4n) is 3.72. The quantitative estimate of drug-likeness (QED) is 0.651. The van der Waals surface area contributed by atoms with E-state index in [4.69, 9.17) is 0 Å². The monoisotopic (exact) mass is 413 g/mol. The zero-order chi connectivity index (χ0) is 21.1. The number of hydrogen-bond donors (Lipinski definition) is 2. The second kappa shape index (κ2) is 8.89. The molecule has 0 radical (unpaired) electrons. The minimum absolute atomic E-state index is 0.170. The number of amides is 1. The number of nitrogens with zero attached hydrogens (tertiary/aromatic N) is 3. The van der Waals surface area contributed by atoms with Crippen LogP contribution in [0.5, 0.6) is 0 Å². The Morgan fingerprint density at radius 3 is 2.57 bits per heavy atom. The largest absolute Gasteiger partial charge is 0.344 e. The molecule has 1 atom stereocenters. The van der Waals surface area contributed by atoms with Crippen LogP contribution in [0.15, 0.2) is 48.5 Å². The molecule has 1 saturated heterocycles. The first-order chi connectivity index (χ1) is 14.5. The zero-order valence-corrected chi connectivity index (χ0v) is 16.8. The fraction of sp³-hybridized carbons (Fsp3) is 0.364. The molecule has 1 aliphatic heterocycles. The molecule has 3 aromatic rings. The number of carbonyl (C=O) groups is 1. The third-order valence-electron chi connectivity index (χ3n) is 5.51. The molecular weight excluding hydrogens is 388 g/mol. The first-order valence-electron chi connectivity index (χ1n) is 10.0. The van der Waals surface area contributed by atoms with Crippen LogP contribution in [0.25, 0.3) is 11.0 Å². The fourth-order valence-corrected chi connectivity index (χ4v) is 3.72. The Hall–Kier alpha value is -2.84. The molecule has 1 aromatic heterocycles. The van der Waals surface area contributed by atoms with Crippen molar-refractivity contribution in [3.05, 3.63) is 65.5 Å². The Kier molecular flexibility index (Phi) is 6.06. The van der Waals surface area contributed by atoms with Crippen molar-refractivity contribution in [2.24, 2.45) is 0 Å². The highest BCUT2D eigenvalue weighted by Gasteiger charge is 2.22. The van der Waals surface area contributed by atoms with Crippen LogP contribution in [0, 0.1) is 0 Å². The van der Waals surface area contributed by atoms with Crippen molar-refractivity contribution in [3.8, 4) is 0 Å². The van der Waals surface area contributed by atoms with Gasteiger partial charge in [0, 0.05) is 38.3 Å². The van der Waals surface area contributed by atoms with Gasteiger partial charge in [0.2, 0.25) is 0 Å². The van der Waals surface area contributed by atoms with Crippen molar-refractivity contribution in [1.82, 2.24) is 25.1 Å². The van der Waals surface area contributed by atoms with Gasteiger partial charge in [-0.25, -0.2) is 13.8 Å². The van der Waals surface area contributed by atoms with E-state index in [-0.39, 0.29) is 17.8 Å². The van der Waals surface area contributed by atoms with Gasteiger partial charge in [0.25, 0.3) is 12.3 Å². The lowest BCUT2D eigenvalue weighted by Crippen LogP contribution is -2.47. The van der Waals surface area contributed by atoms with Gasteiger partial charge in [0.15, 0.2) is 5.82 Å². The Labute approximate surface area is 173 Å². The third kappa shape index (κ3) is 4.66. The molecule has 0 aliphatic carbocycles. The van der Waals surface area contributed by atoms with E-state index in [0.717, 1.165) is 31.7 Å². The summed E-state index contributed by atoms with van der Waals surface area (Å²) in [4.78, 5) is 24.1. The van der Waals surface area contributed by atoms with E-state index >= 15 is 0 Å².